The molecular weight excluding hydrogens is 254 g/mol. The second kappa shape index (κ2) is 6.99. The maximum atomic E-state index is 6.19. The zero-order valence-electron chi connectivity index (χ0n) is 12.7. The normalized spacial score (nSPS) is 19.6. The summed E-state index contributed by atoms with van der Waals surface area (Å²) in [6.07, 6.45) is 9.14. The SMILES string of the molecule is CCOC1(C(NC)c2nccnc2OC)CCCCC1. The Morgan fingerprint density at radius 3 is 2.55 bits per heavy atom. The van der Waals surface area contributed by atoms with Crippen LogP contribution in [-0.4, -0.2) is 36.3 Å². The highest BCUT2D eigenvalue weighted by molar-refractivity contribution is 5.24. The molecule has 1 aromatic heterocycles. The molecule has 0 saturated heterocycles. The first kappa shape index (κ1) is 15.2. The molecule has 2 rings (SSSR count). The van der Waals surface area contributed by atoms with Crippen molar-refractivity contribution < 1.29 is 9.47 Å². The first-order valence-electron chi connectivity index (χ1n) is 7.43. The van der Waals surface area contributed by atoms with Crippen molar-refractivity contribution in [3.8, 4) is 5.88 Å². The lowest BCUT2D eigenvalue weighted by Gasteiger charge is -2.42. The third-order valence-corrected chi connectivity index (χ3v) is 4.10. The van der Waals surface area contributed by atoms with Gasteiger partial charge in [-0.05, 0) is 26.8 Å². The molecule has 0 aliphatic heterocycles. The van der Waals surface area contributed by atoms with E-state index in [1.54, 1.807) is 19.5 Å². The Morgan fingerprint density at radius 1 is 1.25 bits per heavy atom. The molecule has 1 fully saturated rings. The quantitative estimate of drug-likeness (QED) is 0.867. The van der Waals surface area contributed by atoms with Gasteiger partial charge in [0, 0.05) is 19.0 Å². The number of methoxy groups -OCH3 is 1. The van der Waals surface area contributed by atoms with Gasteiger partial charge in [-0.15, -0.1) is 0 Å². The fraction of sp³-hybridized carbons (Fsp3) is 0.733. The van der Waals surface area contributed by atoms with Gasteiger partial charge in [0.25, 0.3) is 0 Å². The molecule has 0 radical (unpaired) electrons. The van der Waals surface area contributed by atoms with Gasteiger partial charge < -0.3 is 14.8 Å². The highest BCUT2D eigenvalue weighted by Crippen LogP contribution is 2.42. The first-order valence-corrected chi connectivity index (χ1v) is 7.43. The van der Waals surface area contributed by atoms with Crippen molar-refractivity contribution in [2.24, 2.45) is 0 Å². The third kappa shape index (κ3) is 2.94. The van der Waals surface area contributed by atoms with E-state index in [4.69, 9.17) is 9.47 Å². The monoisotopic (exact) mass is 279 g/mol. The van der Waals surface area contributed by atoms with E-state index >= 15 is 0 Å². The van der Waals surface area contributed by atoms with Crippen LogP contribution in [0.5, 0.6) is 5.88 Å². The van der Waals surface area contributed by atoms with Crippen molar-refractivity contribution >= 4 is 0 Å². The van der Waals surface area contributed by atoms with Gasteiger partial charge in [-0.3, -0.25) is 4.98 Å². The molecule has 0 aromatic carbocycles. The van der Waals surface area contributed by atoms with Crippen molar-refractivity contribution in [1.29, 1.82) is 0 Å². The minimum Gasteiger partial charge on any atom is -0.480 e. The van der Waals surface area contributed by atoms with E-state index in [2.05, 4.69) is 22.2 Å². The van der Waals surface area contributed by atoms with Gasteiger partial charge in [0.2, 0.25) is 5.88 Å². The molecule has 1 heterocycles. The van der Waals surface area contributed by atoms with Gasteiger partial charge in [-0.2, -0.15) is 0 Å². The maximum absolute atomic E-state index is 6.19. The summed E-state index contributed by atoms with van der Waals surface area (Å²) in [4.78, 5) is 8.76. The Bertz CT molecular complexity index is 414. The topological polar surface area (TPSA) is 56.3 Å². The van der Waals surface area contributed by atoms with Crippen LogP contribution in [0.1, 0.15) is 50.8 Å². The average Bonchev–Trinajstić information content (AvgIpc) is 2.49. The number of hydrogen-bond acceptors (Lipinski definition) is 5. The number of ether oxygens (including phenoxy) is 2. The van der Waals surface area contributed by atoms with Gasteiger partial charge in [0.15, 0.2) is 0 Å². The largest absolute Gasteiger partial charge is 0.480 e. The van der Waals surface area contributed by atoms with Crippen LogP contribution in [0.15, 0.2) is 12.4 Å². The van der Waals surface area contributed by atoms with Crippen molar-refractivity contribution in [3.05, 3.63) is 18.1 Å². The molecule has 0 amide bonds. The Kier molecular flexibility index (Phi) is 5.31. The Labute approximate surface area is 121 Å². The van der Waals surface area contributed by atoms with Crippen LogP contribution in [0.25, 0.3) is 0 Å². The summed E-state index contributed by atoms with van der Waals surface area (Å²) in [5.41, 5.74) is 0.637. The van der Waals surface area contributed by atoms with E-state index in [0.717, 1.165) is 18.5 Å². The zero-order chi connectivity index (χ0) is 14.4. The summed E-state index contributed by atoms with van der Waals surface area (Å²) >= 11 is 0. The second-order valence-corrected chi connectivity index (χ2v) is 5.23. The molecule has 1 atom stereocenters. The number of hydrogen-bond donors (Lipinski definition) is 1. The number of nitrogens with zero attached hydrogens (tertiary/aromatic N) is 2. The number of likely N-dealkylation sites (N-methyl/N-ethyl adjacent to an activating group) is 1. The van der Waals surface area contributed by atoms with Gasteiger partial charge in [0.1, 0.15) is 5.69 Å². The Hall–Kier alpha value is -1.20. The average molecular weight is 279 g/mol. The predicted molar refractivity (Wildman–Crippen MR) is 77.8 cm³/mol. The van der Waals surface area contributed by atoms with Crippen LogP contribution in [0, 0.1) is 0 Å². The van der Waals surface area contributed by atoms with Gasteiger partial charge in [0.05, 0.1) is 18.8 Å². The predicted octanol–water partition coefficient (Wildman–Crippen LogP) is 2.49. The van der Waals surface area contributed by atoms with E-state index in [1.807, 2.05) is 7.05 Å². The number of nitrogens with one attached hydrogen (secondary N) is 1. The van der Waals surface area contributed by atoms with Crippen LogP contribution < -0.4 is 10.1 Å². The summed E-state index contributed by atoms with van der Waals surface area (Å²) in [5.74, 6) is 0.580. The molecule has 1 aromatic rings. The van der Waals surface area contributed by atoms with Crippen LogP contribution in [0.4, 0.5) is 0 Å². The summed E-state index contributed by atoms with van der Waals surface area (Å²) in [6.45, 7) is 2.76. The summed E-state index contributed by atoms with van der Waals surface area (Å²) in [6, 6.07) is 0.00593. The lowest BCUT2D eigenvalue weighted by molar-refractivity contribution is -0.0911. The molecule has 1 aliphatic carbocycles. The second-order valence-electron chi connectivity index (χ2n) is 5.23. The summed E-state index contributed by atoms with van der Waals surface area (Å²) in [7, 11) is 3.59. The molecule has 0 spiro atoms. The fourth-order valence-corrected chi connectivity index (χ4v) is 3.29. The number of aromatic nitrogens is 2. The van der Waals surface area contributed by atoms with Crippen LogP contribution in [0.2, 0.25) is 0 Å². The molecule has 112 valence electrons. The molecule has 0 bridgehead atoms. The minimum atomic E-state index is -0.203. The highest BCUT2D eigenvalue weighted by Gasteiger charge is 2.43. The molecule has 1 N–H and O–H groups in total. The molecular formula is C15H25N3O2. The van der Waals surface area contributed by atoms with Crippen LogP contribution in [0.3, 0.4) is 0 Å². The van der Waals surface area contributed by atoms with Crippen molar-refractivity contribution in [3.63, 3.8) is 0 Å². The molecule has 1 aliphatic rings. The molecule has 1 unspecified atom stereocenters. The van der Waals surface area contributed by atoms with Crippen molar-refractivity contribution in [1.82, 2.24) is 15.3 Å². The smallest absolute Gasteiger partial charge is 0.237 e. The standard InChI is InChI=1S/C15H25N3O2/c1-4-20-15(8-6-5-7-9-15)13(16-2)12-14(19-3)18-11-10-17-12/h10-11,13,16H,4-9H2,1-3H3. The summed E-state index contributed by atoms with van der Waals surface area (Å²) < 4.78 is 11.6. The third-order valence-electron chi connectivity index (χ3n) is 4.10. The zero-order valence-corrected chi connectivity index (χ0v) is 12.7. The molecule has 20 heavy (non-hydrogen) atoms. The van der Waals surface area contributed by atoms with E-state index in [9.17, 15) is 0 Å². The van der Waals surface area contributed by atoms with Gasteiger partial charge >= 0.3 is 0 Å². The Morgan fingerprint density at radius 2 is 1.95 bits per heavy atom. The Balaban J connectivity index is 2.37. The van der Waals surface area contributed by atoms with Crippen molar-refractivity contribution in [2.45, 2.75) is 50.7 Å². The van der Waals surface area contributed by atoms with Crippen molar-refractivity contribution in [2.75, 3.05) is 20.8 Å². The van der Waals surface area contributed by atoms with Gasteiger partial charge in [-0.25, -0.2) is 4.98 Å². The maximum Gasteiger partial charge on any atom is 0.237 e. The van der Waals surface area contributed by atoms with Crippen LogP contribution >= 0.6 is 0 Å². The highest BCUT2D eigenvalue weighted by atomic mass is 16.5. The molecule has 1 saturated carbocycles. The molecule has 5 nitrogen and oxygen atoms in total. The first-order chi connectivity index (χ1) is 9.77. The summed E-state index contributed by atoms with van der Waals surface area (Å²) in [5, 5.41) is 3.38. The van der Waals surface area contributed by atoms with Gasteiger partial charge in [-0.1, -0.05) is 19.3 Å². The fourth-order valence-electron chi connectivity index (χ4n) is 3.29. The van der Waals surface area contributed by atoms with Crippen LogP contribution in [-0.2, 0) is 4.74 Å². The molecule has 5 heteroatoms. The minimum absolute atomic E-state index is 0.00593. The lowest BCUT2D eigenvalue weighted by atomic mass is 9.78. The number of rotatable bonds is 6. The van der Waals surface area contributed by atoms with E-state index < -0.39 is 0 Å². The van der Waals surface area contributed by atoms with E-state index in [1.165, 1.54) is 19.3 Å². The lowest BCUT2D eigenvalue weighted by Crippen LogP contribution is -2.47. The van der Waals surface area contributed by atoms with E-state index in [-0.39, 0.29) is 11.6 Å². The van der Waals surface area contributed by atoms with E-state index in [0.29, 0.717) is 12.5 Å².